The maximum Gasteiger partial charge on any atom is 0.338 e. The molecule has 1 heterocycles. The largest absolute Gasteiger partial charge is 0.459 e. The fourth-order valence-corrected chi connectivity index (χ4v) is 2.92. The van der Waals surface area contributed by atoms with Crippen LogP contribution in [0.1, 0.15) is 15.9 Å². The van der Waals surface area contributed by atoms with Crippen LogP contribution in [0.4, 0.5) is 0 Å². The van der Waals surface area contributed by atoms with E-state index in [9.17, 15) is 4.79 Å². The molecule has 0 N–H and O–H groups in total. The summed E-state index contributed by atoms with van der Waals surface area (Å²) in [6.45, 7) is 3.40. The number of ether oxygens (including phenoxy) is 2. The number of benzene rings is 2. The van der Waals surface area contributed by atoms with Crippen molar-refractivity contribution in [3.05, 3.63) is 70.7 Å². The molecule has 0 saturated carbocycles. The molecule has 126 valence electrons. The fourth-order valence-electron chi connectivity index (χ4n) is 2.73. The molecule has 4 nitrogen and oxygen atoms in total. The highest BCUT2D eigenvalue weighted by molar-refractivity contribution is 6.30. The number of carbonyl (C=O) groups excluding carboxylic acids is 1. The first-order chi connectivity index (χ1) is 11.7. The number of esters is 1. The summed E-state index contributed by atoms with van der Waals surface area (Å²) in [5.41, 5.74) is 1.73. The zero-order chi connectivity index (χ0) is 16.8. The van der Waals surface area contributed by atoms with Crippen LogP contribution in [0.25, 0.3) is 0 Å². The van der Waals surface area contributed by atoms with Crippen molar-refractivity contribution in [1.82, 2.24) is 4.90 Å². The summed E-state index contributed by atoms with van der Waals surface area (Å²) in [7, 11) is 0. The van der Waals surface area contributed by atoms with Gasteiger partial charge in [-0.05, 0) is 23.8 Å². The molecule has 0 amide bonds. The molecule has 0 spiro atoms. The van der Waals surface area contributed by atoms with Gasteiger partial charge in [0.05, 0.1) is 12.2 Å². The van der Waals surface area contributed by atoms with Gasteiger partial charge in [0.1, 0.15) is 12.7 Å². The monoisotopic (exact) mass is 345 g/mol. The molecular formula is C19H20ClNO3. The average molecular weight is 346 g/mol. The van der Waals surface area contributed by atoms with Crippen LogP contribution in [-0.4, -0.2) is 43.3 Å². The summed E-state index contributed by atoms with van der Waals surface area (Å²) in [6.07, 6.45) is -0.106. The lowest BCUT2D eigenvalue weighted by Gasteiger charge is -2.32. The number of hydrogen-bond donors (Lipinski definition) is 0. The van der Waals surface area contributed by atoms with Gasteiger partial charge in [-0.3, -0.25) is 4.90 Å². The van der Waals surface area contributed by atoms with Crippen molar-refractivity contribution in [3.8, 4) is 0 Å². The molecular weight excluding hydrogens is 326 g/mol. The Labute approximate surface area is 146 Å². The zero-order valence-electron chi connectivity index (χ0n) is 13.4. The van der Waals surface area contributed by atoms with Crippen LogP contribution in [0, 0.1) is 0 Å². The molecule has 2 aromatic rings. The molecule has 0 aromatic heterocycles. The standard InChI is InChI=1S/C19H20ClNO3/c20-17-8-4-7-16(11-17)19(22)24-14-18-13-21(9-10-23-18)12-15-5-2-1-3-6-15/h1-8,11,18H,9-10,12-14H2. The van der Waals surface area contributed by atoms with Gasteiger partial charge in [-0.25, -0.2) is 4.79 Å². The third-order valence-corrected chi connectivity index (χ3v) is 4.17. The van der Waals surface area contributed by atoms with E-state index in [-0.39, 0.29) is 18.7 Å². The average Bonchev–Trinajstić information content (AvgIpc) is 2.61. The quantitative estimate of drug-likeness (QED) is 0.779. The minimum atomic E-state index is -0.374. The Hall–Kier alpha value is -1.88. The number of hydrogen-bond acceptors (Lipinski definition) is 4. The third-order valence-electron chi connectivity index (χ3n) is 3.93. The van der Waals surface area contributed by atoms with Gasteiger partial charge in [-0.1, -0.05) is 48.0 Å². The molecule has 0 bridgehead atoms. The van der Waals surface area contributed by atoms with Gasteiger partial charge in [-0.15, -0.1) is 0 Å². The smallest absolute Gasteiger partial charge is 0.338 e. The first-order valence-electron chi connectivity index (χ1n) is 8.01. The van der Waals surface area contributed by atoms with Gasteiger partial charge in [0.15, 0.2) is 0 Å². The molecule has 1 aliphatic heterocycles. The molecule has 2 aromatic carbocycles. The maximum absolute atomic E-state index is 12.1. The number of halogens is 1. The van der Waals surface area contributed by atoms with Gasteiger partial charge in [0.2, 0.25) is 0 Å². The molecule has 3 rings (SSSR count). The van der Waals surface area contributed by atoms with Crippen molar-refractivity contribution < 1.29 is 14.3 Å². The van der Waals surface area contributed by atoms with E-state index >= 15 is 0 Å². The molecule has 1 atom stereocenters. The fraction of sp³-hybridized carbons (Fsp3) is 0.316. The summed E-state index contributed by atoms with van der Waals surface area (Å²) in [4.78, 5) is 14.4. The van der Waals surface area contributed by atoms with Gasteiger partial charge >= 0.3 is 5.97 Å². The van der Waals surface area contributed by atoms with Crippen LogP contribution in [-0.2, 0) is 16.0 Å². The van der Waals surface area contributed by atoms with Crippen LogP contribution >= 0.6 is 11.6 Å². The van der Waals surface area contributed by atoms with Gasteiger partial charge < -0.3 is 9.47 Å². The molecule has 1 unspecified atom stereocenters. The Morgan fingerprint density at radius 1 is 1.21 bits per heavy atom. The second kappa shape index (κ2) is 8.29. The molecule has 1 saturated heterocycles. The zero-order valence-corrected chi connectivity index (χ0v) is 14.1. The first-order valence-corrected chi connectivity index (χ1v) is 8.39. The van der Waals surface area contributed by atoms with Crippen LogP contribution in [0.5, 0.6) is 0 Å². The van der Waals surface area contributed by atoms with Crippen LogP contribution in [0.15, 0.2) is 54.6 Å². The lowest BCUT2D eigenvalue weighted by atomic mass is 10.2. The Morgan fingerprint density at radius 3 is 2.83 bits per heavy atom. The van der Waals surface area contributed by atoms with E-state index in [1.165, 1.54) is 5.56 Å². The highest BCUT2D eigenvalue weighted by Gasteiger charge is 2.22. The summed E-state index contributed by atoms with van der Waals surface area (Å²) in [6, 6.07) is 17.1. The SMILES string of the molecule is O=C(OCC1CN(Cc2ccccc2)CCO1)c1cccc(Cl)c1. The molecule has 0 aliphatic carbocycles. The lowest BCUT2D eigenvalue weighted by molar-refractivity contribution is -0.0612. The maximum atomic E-state index is 12.1. The highest BCUT2D eigenvalue weighted by atomic mass is 35.5. The minimum absolute atomic E-state index is 0.106. The van der Waals surface area contributed by atoms with Crippen molar-refractivity contribution in [2.75, 3.05) is 26.3 Å². The van der Waals surface area contributed by atoms with Crippen LogP contribution in [0.3, 0.4) is 0 Å². The van der Waals surface area contributed by atoms with Crippen molar-refractivity contribution in [2.24, 2.45) is 0 Å². The van der Waals surface area contributed by atoms with Crippen LogP contribution < -0.4 is 0 Å². The summed E-state index contributed by atoms with van der Waals surface area (Å²) >= 11 is 5.89. The Morgan fingerprint density at radius 2 is 2.04 bits per heavy atom. The summed E-state index contributed by atoms with van der Waals surface area (Å²) in [5, 5.41) is 0.521. The number of nitrogens with zero attached hydrogens (tertiary/aromatic N) is 1. The van der Waals surface area contributed by atoms with E-state index in [1.807, 2.05) is 18.2 Å². The van der Waals surface area contributed by atoms with E-state index in [1.54, 1.807) is 24.3 Å². The van der Waals surface area contributed by atoms with E-state index in [4.69, 9.17) is 21.1 Å². The number of rotatable bonds is 5. The Balaban J connectivity index is 1.49. The highest BCUT2D eigenvalue weighted by Crippen LogP contribution is 2.14. The summed E-state index contributed by atoms with van der Waals surface area (Å²) in [5.74, 6) is -0.374. The van der Waals surface area contributed by atoms with E-state index in [0.717, 1.165) is 19.6 Å². The van der Waals surface area contributed by atoms with Crippen molar-refractivity contribution in [1.29, 1.82) is 0 Å². The van der Waals surface area contributed by atoms with Crippen molar-refractivity contribution in [3.63, 3.8) is 0 Å². The second-order valence-corrected chi connectivity index (χ2v) is 6.26. The minimum Gasteiger partial charge on any atom is -0.459 e. The third kappa shape index (κ3) is 4.81. The van der Waals surface area contributed by atoms with Crippen LogP contribution in [0.2, 0.25) is 5.02 Å². The molecule has 5 heteroatoms. The molecule has 1 aliphatic rings. The normalized spacial score (nSPS) is 18.3. The van der Waals surface area contributed by atoms with E-state index in [2.05, 4.69) is 17.0 Å². The topological polar surface area (TPSA) is 38.8 Å². The number of carbonyl (C=O) groups is 1. The predicted octanol–water partition coefficient (Wildman–Crippen LogP) is 3.40. The second-order valence-electron chi connectivity index (χ2n) is 5.82. The van der Waals surface area contributed by atoms with E-state index < -0.39 is 0 Å². The predicted molar refractivity (Wildman–Crippen MR) is 93.2 cm³/mol. The molecule has 0 radical (unpaired) electrons. The van der Waals surface area contributed by atoms with Gasteiger partial charge in [0, 0.05) is 24.7 Å². The van der Waals surface area contributed by atoms with Gasteiger partial charge in [0.25, 0.3) is 0 Å². The van der Waals surface area contributed by atoms with Crippen molar-refractivity contribution >= 4 is 17.6 Å². The van der Waals surface area contributed by atoms with Crippen molar-refractivity contribution in [2.45, 2.75) is 12.6 Å². The molecule has 1 fully saturated rings. The Bertz CT molecular complexity index is 677. The lowest BCUT2D eigenvalue weighted by Crippen LogP contribution is -2.44. The summed E-state index contributed by atoms with van der Waals surface area (Å²) < 4.78 is 11.1. The number of morpholine rings is 1. The van der Waals surface area contributed by atoms with E-state index in [0.29, 0.717) is 17.2 Å². The molecule has 24 heavy (non-hydrogen) atoms. The first kappa shape index (κ1) is 17.0. The van der Waals surface area contributed by atoms with Gasteiger partial charge in [-0.2, -0.15) is 0 Å². The Kier molecular flexibility index (Phi) is 5.86.